The summed E-state index contributed by atoms with van der Waals surface area (Å²) in [6.07, 6.45) is 3.54. The van der Waals surface area contributed by atoms with Crippen molar-refractivity contribution in [3.05, 3.63) is 94.4 Å². The number of nitrogens with one attached hydrogen (secondary N) is 1. The number of aromatic nitrogens is 1. The van der Waals surface area contributed by atoms with E-state index in [0.29, 0.717) is 49.6 Å². The molecule has 1 saturated carbocycles. The second-order valence-electron chi connectivity index (χ2n) is 12.1. The Kier molecular flexibility index (Phi) is 8.57. The van der Waals surface area contributed by atoms with E-state index < -0.39 is 17.7 Å². The van der Waals surface area contributed by atoms with Crippen LogP contribution in [0.4, 0.5) is 15.0 Å². The van der Waals surface area contributed by atoms with Crippen molar-refractivity contribution >= 4 is 29.3 Å². The molecule has 3 fully saturated rings. The zero-order chi connectivity index (χ0) is 30.8. The quantitative estimate of drug-likeness (QED) is 0.338. The molecule has 3 aliphatic rings. The fourth-order valence-corrected chi connectivity index (χ4v) is 6.89. The Morgan fingerprint density at radius 1 is 1.09 bits per heavy atom. The number of piperidine rings is 1. The average molecular weight is 616 g/mol. The number of Topliss-reactive ketones (excluding diaryl/α,β-unsaturated/α-hetero) is 1. The third-order valence-electron chi connectivity index (χ3n) is 9.43. The molecule has 1 N–H and O–H groups in total. The third kappa shape index (κ3) is 5.89. The third-order valence-corrected chi connectivity index (χ3v) is 9.69. The van der Waals surface area contributed by atoms with Gasteiger partial charge >= 0.3 is 6.09 Å². The minimum Gasteiger partial charge on any atom is -0.441 e. The summed E-state index contributed by atoms with van der Waals surface area (Å²) in [5.41, 5.74) is 0.991. The van der Waals surface area contributed by atoms with Crippen LogP contribution in [0, 0.1) is 29.0 Å². The summed E-state index contributed by atoms with van der Waals surface area (Å²) in [5, 5.41) is 13.1. The number of carbonyl (C=O) groups excluding carboxylic acids is 2. The van der Waals surface area contributed by atoms with Gasteiger partial charge in [0, 0.05) is 62.2 Å². The number of pyridine rings is 1. The second-order valence-corrected chi connectivity index (χ2v) is 12.5. The normalized spacial score (nSPS) is 22.7. The highest BCUT2D eigenvalue weighted by Gasteiger charge is 2.56. The predicted octanol–water partition coefficient (Wildman–Crippen LogP) is 5.88. The number of benzene rings is 2. The molecule has 6 rings (SSSR count). The summed E-state index contributed by atoms with van der Waals surface area (Å²) in [4.78, 5) is 36.8. The molecule has 1 unspecified atom stereocenters. The molecule has 44 heavy (non-hydrogen) atoms. The zero-order valence-electron chi connectivity index (χ0n) is 24.6. The Balaban J connectivity index is 1.27. The van der Waals surface area contributed by atoms with Crippen molar-refractivity contribution in [2.45, 2.75) is 43.2 Å². The van der Waals surface area contributed by atoms with E-state index in [-0.39, 0.29) is 29.4 Å². The molecule has 8 nitrogen and oxygen atoms in total. The van der Waals surface area contributed by atoms with Crippen LogP contribution in [0.25, 0.3) is 0 Å². The van der Waals surface area contributed by atoms with Crippen molar-refractivity contribution in [1.82, 2.24) is 15.2 Å². The monoisotopic (exact) mass is 615 g/mol. The smallest absolute Gasteiger partial charge is 0.411 e. The highest BCUT2D eigenvalue weighted by atomic mass is 35.5. The first-order valence-electron chi connectivity index (χ1n) is 15.1. The van der Waals surface area contributed by atoms with Gasteiger partial charge in [0.15, 0.2) is 5.78 Å². The van der Waals surface area contributed by atoms with Crippen LogP contribution < -0.4 is 10.2 Å². The molecule has 0 spiro atoms. The highest BCUT2D eigenvalue weighted by Crippen LogP contribution is 2.45. The first-order valence-corrected chi connectivity index (χ1v) is 15.5. The topological polar surface area (TPSA) is 98.6 Å². The number of hydrogen-bond donors (Lipinski definition) is 1. The van der Waals surface area contributed by atoms with Gasteiger partial charge < -0.3 is 15.0 Å². The lowest BCUT2D eigenvalue weighted by molar-refractivity contribution is -0.134. The number of anilines is 1. The Hall–Kier alpha value is -4.00. The van der Waals surface area contributed by atoms with Gasteiger partial charge in [0.25, 0.3) is 0 Å². The van der Waals surface area contributed by atoms with Gasteiger partial charge in [-0.25, -0.2) is 14.2 Å². The van der Waals surface area contributed by atoms with E-state index in [0.717, 1.165) is 29.8 Å². The van der Waals surface area contributed by atoms with Crippen molar-refractivity contribution in [2.24, 2.45) is 11.8 Å². The Morgan fingerprint density at radius 2 is 1.80 bits per heavy atom. The number of carbonyl (C=O) groups is 2. The van der Waals surface area contributed by atoms with Crippen molar-refractivity contribution in [2.75, 3.05) is 38.1 Å². The summed E-state index contributed by atoms with van der Waals surface area (Å²) in [6, 6.07) is 19.2. The molecule has 1 aromatic heterocycles. The maximum Gasteiger partial charge on any atom is 0.411 e. The van der Waals surface area contributed by atoms with Gasteiger partial charge in [-0.1, -0.05) is 35.9 Å². The molecule has 2 saturated heterocycles. The van der Waals surface area contributed by atoms with Gasteiger partial charge in [-0.2, -0.15) is 5.26 Å². The lowest BCUT2D eigenvalue weighted by atomic mass is 9.72. The van der Waals surface area contributed by atoms with E-state index in [4.69, 9.17) is 21.6 Å². The van der Waals surface area contributed by atoms with E-state index in [1.54, 1.807) is 31.4 Å². The molecule has 2 aliphatic heterocycles. The Bertz CT molecular complexity index is 1530. The number of halogens is 2. The Labute approximate surface area is 261 Å². The SMILES string of the molecule is CN(C(=O)OC(c1ccc(F)cc1)C1CC1)[C@]1(C(=O)C2CCN(c3ccc(C#N)cn3)CC2)CNC[C@H]1c1ccc(Cl)cc1. The van der Waals surface area contributed by atoms with Crippen molar-refractivity contribution in [3.63, 3.8) is 0 Å². The number of amides is 1. The number of hydrogen-bond acceptors (Lipinski definition) is 7. The van der Waals surface area contributed by atoms with Gasteiger partial charge in [0.1, 0.15) is 29.3 Å². The van der Waals surface area contributed by atoms with E-state index in [2.05, 4.69) is 21.3 Å². The van der Waals surface area contributed by atoms with Gasteiger partial charge in [-0.3, -0.25) is 9.69 Å². The summed E-state index contributed by atoms with van der Waals surface area (Å²) in [5.74, 6) is 0.0237. The first kappa shape index (κ1) is 30.0. The number of ketones is 1. The maximum atomic E-state index is 14.8. The molecule has 3 heterocycles. The molecule has 3 atom stereocenters. The van der Waals surface area contributed by atoms with Crippen LogP contribution in [0.2, 0.25) is 5.02 Å². The van der Waals surface area contributed by atoms with Crippen molar-refractivity contribution < 1.29 is 18.7 Å². The van der Waals surface area contributed by atoms with Crippen molar-refractivity contribution in [1.29, 1.82) is 5.26 Å². The molecule has 1 amide bonds. The molecular weight excluding hydrogens is 581 g/mol. The van der Waals surface area contributed by atoms with Crippen LogP contribution in [0.5, 0.6) is 0 Å². The Morgan fingerprint density at radius 3 is 2.41 bits per heavy atom. The predicted molar refractivity (Wildman–Crippen MR) is 165 cm³/mol. The highest BCUT2D eigenvalue weighted by molar-refractivity contribution is 6.30. The van der Waals surface area contributed by atoms with E-state index >= 15 is 0 Å². The fourth-order valence-electron chi connectivity index (χ4n) is 6.77. The number of likely N-dealkylation sites (N-methyl/N-ethyl adjacent to an activating group) is 1. The number of rotatable bonds is 8. The van der Waals surface area contributed by atoms with Gasteiger partial charge in [0.05, 0.1) is 5.56 Å². The van der Waals surface area contributed by atoms with E-state index in [1.165, 1.54) is 17.0 Å². The molecule has 10 heteroatoms. The largest absolute Gasteiger partial charge is 0.441 e. The van der Waals surface area contributed by atoms with Crippen molar-refractivity contribution in [3.8, 4) is 6.07 Å². The first-order chi connectivity index (χ1) is 21.3. The molecule has 1 aliphatic carbocycles. The number of nitrogens with zero attached hydrogens (tertiary/aromatic N) is 4. The maximum absolute atomic E-state index is 14.8. The van der Waals surface area contributed by atoms with Crippen LogP contribution >= 0.6 is 11.6 Å². The van der Waals surface area contributed by atoms with Gasteiger partial charge in [0.2, 0.25) is 0 Å². The zero-order valence-corrected chi connectivity index (χ0v) is 25.3. The summed E-state index contributed by atoms with van der Waals surface area (Å²) >= 11 is 6.21. The van der Waals surface area contributed by atoms with Crippen LogP contribution in [0.1, 0.15) is 54.4 Å². The second kappa shape index (κ2) is 12.5. The van der Waals surface area contributed by atoms with Crippen LogP contribution in [-0.2, 0) is 9.53 Å². The van der Waals surface area contributed by atoms with Crippen LogP contribution in [-0.4, -0.2) is 60.5 Å². The number of ether oxygens (including phenoxy) is 1. The fraction of sp³-hybridized carbons (Fsp3) is 0.412. The molecule has 228 valence electrons. The number of nitriles is 1. The van der Waals surface area contributed by atoms with Gasteiger partial charge in [-0.15, -0.1) is 0 Å². The molecule has 0 radical (unpaired) electrons. The van der Waals surface area contributed by atoms with Crippen LogP contribution in [0.3, 0.4) is 0 Å². The molecular formula is C34H35ClFN5O3. The van der Waals surface area contributed by atoms with E-state index in [9.17, 15) is 14.0 Å². The summed E-state index contributed by atoms with van der Waals surface area (Å²) in [6.45, 7) is 2.08. The van der Waals surface area contributed by atoms with E-state index in [1.807, 2.05) is 30.3 Å². The van der Waals surface area contributed by atoms with Crippen LogP contribution in [0.15, 0.2) is 66.9 Å². The molecule has 0 bridgehead atoms. The lowest BCUT2D eigenvalue weighted by Crippen LogP contribution is -2.62. The standard InChI is InChI=1S/C34H35ClFN5O3/c1-40(33(43)44-31(24-3-4-24)25-7-11-28(36)12-8-25)34(21-38-20-29(34)23-5-9-27(35)10-6-23)32(42)26-14-16-41(17-15-26)30-13-2-22(18-37)19-39-30/h2,5-13,19,24,26,29,31,38H,3-4,14-17,20-21H2,1H3/t29-,31?,34+/m0/s1. The summed E-state index contributed by atoms with van der Waals surface area (Å²) in [7, 11) is 1.67. The molecule has 3 aromatic rings. The average Bonchev–Trinajstić information content (AvgIpc) is 3.81. The molecule has 2 aromatic carbocycles. The van der Waals surface area contributed by atoms with Gasteiger partial charge in [-0.05, 0) is 73.2 Å². The minimum atomic E-state index is -1.18. The summed E-state index contributed by atoms with van der Waals surface area (Å²) < 4.78 is 19.8. The minimum absolute atomic E-state index is 0.0130. The lowest BCUT2D eigenvalue weighted by Gasteiger charge is -2.44.